The van der Waals surface area contributed by atoms with E-state index in [0.29, 0.717) is 28.2 Å². The molecule has 1 heterocycles. The summed E-state index contributed by atoms with van der Waals surface area (Å²) in [5.41, 5.74) is 2.62. The molecule has 0 spiro atoms. The van der Waals surface area contributed by atoms with Crippen LogP contribution in [0.4, 0.5) is 5.69 Å². The maximum absolute atomic E-state index is 12.2. The van der Waals surface area contributed by atoms with Gasteiger partial charge in [0.2, 0.25) is 11.8 Å². The molecule has 146 valence electrons. The number of nitrogens with zero attached hydrogens (tertiary/aromatic N) is 2. The molecule has 1 amide bonds. The molecule has 0 saturated heterocycles. The molecule has 0 aliphatic heterocycles. The van der Waals surface area contributed by atoms with Crippen LogP contribution in [-0.4, -0.2) is 36.1 Å². The van der Waals surface area contributed by atoms with E-state index in [1.54, 1.807) is 32.4 Å². The third-order valence-electron chi connectivity index (χ3n) is 3.95. The summed E-state index contributed by atoms with van der Waals surface area (Å²) < 4.78 is 16.2. The molecular formula is C20H21N3O4S. The molecule has 0 bridgehead atoms. The van der Waals surface area contributed by atoms with Gasteiger partial charge in [0, 0.05) is 17.3 Å². The first-order valence-corrected chi connectivity index (χ1v) is 9.68. The topological polar surface area (TPSA) is 86.5 Å². The maximum Gasteiger partial charge on any atom is 0.277 e. The quantitative estimate of drug-likeness (QED) is 0.572. The van der Waals surface area contributed by atoms with Crippen molar-refractivity contribution in [2.75, 3.05) is 25.3 Å². The number of carbonyl (C=O) groups is 1. The number of ether oxygens (including phenoxy) is 2. The molecule has 7 nitrogen and oxygen atoms in total. The zero-order chi connectivity index (χ0) is 19.9. The summed E-state index contributed by atoms with van der Waals surface area (Å²) in [6.45, 7) is 2.07. The van der Waals surface area contributed by atoms with Crippen molar-refractivity contribution in [3.05, 3.63) is 48.0 Å². The first-order chi connectivity index (χ1) is 13.6. The molecule has 2 aromatic carbocycles. The second kappa shape index (κ2) is 9.27. The van der Waals surface area contributed by atoms with Gasteiger partial charge in [0.05, 0.1) is 20.0 Å². The van der Waals surface area contributed by atoms with E-state index in [1.807, 2.05) is 24.3 Å². The minimum Gasteiger partial charge on any atom is -0.497 e. The molecule has 8 heteroatoms. The van der Waals surface area contributed by atoms with E-state index in [0.717, 1.165) is 12.1 Å². The highest BCUT2D eigenvalue weighted by molar-refractivity contribution is 7.99. The summed E-state index contributed by atoms with van der Waals surface area (Å²) in [5.74, 6) is 1.60. The first-order valence-electron chi connectivity index (χ1n) is 8.69. The highest BCUT2D eigenvalue weighted by Gasteiger charge is 2.13. The second-order valence-electron chi connectivity index (χ2n) is 5.87. The molecular weight excluding hydrogens is 378 g/mol. The zero-order valence-corrected chi connectivity index (χ0v) is 16.7. The van der Waals surface area contributed by atoms with Crippen molar-refractivity contribution in [1.82, 2.24) is 10.2 Å². The van der Waals surface area contributed by atoms with Crippen LogP contribution in [0, 0.1) is 0 Å². The lowest BCUT2D eigenvalue weighted by atomic mass is 10.1. The summed E-state index contributed by atoms with van der Waals surface area (Å²) in [6, 6.07) is 13.1. The van der Waals surface area contributed by atoms with Crippen molar-refractivity contribution in [2.45, 2.75) is 18.6 Å². The lowest BCUT2D eigenvalue weighted by Gasteiger charge is -2.06. The van der Waals surface area contributed by atoms with Crippen LogP contribution in [0.15, 0.2) is 52.1 Å². The van der Waals surface area contributed by atoms with Crippen LogP contribution in [-0.2, 0) is 11.2 Å². The lowest BCUT2D eigenvalue weighted by molar-refractivity contribution is -0.113. The standard InChI is InChI=1S/C20H21N3O4S/c1-4-13-6-5-7-15(8-13)21-18(24)12-28-20-23-22-19(27-20)14-9-16(25-2)11-17(10-14)26-3/h5-11H,4,12H2,1-3H3,(H,21,24). The highest BCUT2D eigenvalue weighted by Crippen LogP contribution is 2.30. The molecule has 0 atom stereocenters. The largest absolute Gasteiger partial charge is 0.497 e. The summed E-state index contributed by atoms with van der Waals surface area (Å²) in [6.07, 6.45) is 0.915. The number of aryl methyl sites for hydroxylation is 1. The normalized spacial score (nSPS) is 10.5. The van der Waals surface area contributed by atoms with Gasteiger partial charge >= 0.3 is 0 Å². The van der Waals surface area contributed by atoms with Gasteiger partial charge in [-0.1, -0.05) is 30.8 Å². The number of hydrogen-bond acceptors (Lipinski definition) is 7. The number of thioether (sulfide) groups is 1. The number of carbonyl (C=O) groups excluding carboxylic acids is 1. The van der Waals surface area contributed by atoms with Gasteiger partial charge in [-0.15, -0.1) is 10.2 Å². The number of aromatic nitrogens is 2. The minimum absolute atomic E-state index is 0.138. The van der Waals surface area contributed by atoms with E-state index in [2.05, 4.69) is 22.4 Å². The van der Waals surface area contributed by atoms with Gasteiger partial charge in [-0.3, -0.25) is 4.79 Å². The summed E-state index contributed by atoms with van der Waals surface area (Å²) in [5, 5.41) is 11.2. The third kappa shape index (κ3) is 5.04. The maximum atomic E-state index is 12.2. The van der Waals surface area contributed by atoms with Crippen LogP contribution < -0.4 is 14.8 Å². The summed E-state index contributed by atoms with van der Waals surface area (Å²) in [4.78, 5) is 12.2. The van der Waals surface area contributed by atoms with Gasteiger partial charge < -0.3 is 19.2 Å². The predicted octanol–water partition coefficient (Wildman–Crippen LogP) is 4.05. The second-order valence-corrected chi connectivity index (χ2v) is 6.79. The van der Waals surface area contributed by atoms with Crippen molar-refractivity contribution in [1.29, 1.82) is 0 Å². The SMILES string of the molecule is CCc1cccc(NC(=O)CSc2nnc(-c3cc(OC)cc(OC)c3)o2)c1. The van der Waals surface area contributed by atoms with Crippen LogP contribution in [0.3, 0.4) is 0 Å². The molecule has 1 N–H and O–H groups in total. The Morgan fingerprint density at radius 2 is 1.86 bits per heavy atom. The Hall–Kier alpha value is -3.00. The Balaban J connectivity index is 1.62. The zero-order valence-electron chi connectivity index (χ0n) is 15.9. The number of hydrogen-bond donors (Lipinski definition) is 1. The van der Waals surface area contributed by atoms with E-state index in [4.69, 9.17) is 13.9 Å². The van der Waals surface area contributed by atoms with Gasteiger partial charge in [0.1, 0.15) is 11.5 Å². The number of rotatable bonds is 8. The Morgan fingerprint density at radius 3 is 2.54 bits per heavy atom. The van der Waals surface area contributed by atoms with Crippen LogP contribution in [0.1, 0.15) is 12.5 Å². The number of methoxy groups -OCH3 is 2. The Bertz CT molecular complexity index is 936. The first kappa shape index (κ1) is 19.8. The van der Waals surface area contributed by atoms with Crippen LogP contribution in [0.5, 0.6) is 11.5 Å². The Labute approximate surface area is 167 Å². The number of nitrogens with one attached hydrogen (secondary N) is 1. The fourth-order valence-electron chi connectivity index (χ4n) is 2.51. The summed E-state index contributed by atoms with van der Waals surface area (Å²) >= 11 is 1.18. The molecule has 3 rings (SSSR count). The monoisotopic (exact) mass is 399 g/mol. The van der Waals surface area contributed by atoms with Crippen molar-refractivity contribution in [3.63, 3.8) is 0 Å². The fraction of sp³-hybridized carbons (Fsp3) is 0.250. The lowest BCUT2D eigenvalue weighted by Crippen LogP contribution is -2.14. The smallest absolute Gasteiger partial charge is 0.277 e. The molecule has 0 unspecified atom stereocenters. The molecule has 0 saturated carbocycles. The number of amides is 1. The molecule has 0 fully saturated rings. The van der Waals surface area contributed by atoms with Gasteiger partial charge in [-0.2, -0.15) is 0 Å². The van der Waals surface area contributed by atoms with Crippen molar-refractivity contribution >= 4 is 23.4 Å². The van der Waals surface area contributed by atoms with E-state index < -0.39 is 0 Å². The molecule has 0 aliphatic carbocycles. The van der Waals surface area contributed by atoms with Gasteiger partial charge in [-0.25, -0.2) is 0 Å². The van der Waals surface area contributed by atoms with E-state index >= 15 is 0 Å². The molecule has 0 aliphatic rings. The Kier molecular flexibility index (Phi) is 6.54. The number of anilines is 1. The van der Waals surface area contributed by atoms with Crippen LogP contribution in [0.2, 0.25) is 0 Å². The number of benzene rings is 2. The molecule has 3 aromatic rings. The van der Waals surface area contributed by atoms with Gasteiger partial charge in [0.15, 0.2) is 0 Å². The summed E-state index contributed by atoms with van der Waals surface area (Å²) in [7, 11) is 3.14. The van der Waals surface area contributed by atoms with Crippen LogP contribution in [0.25, 0.3) is 11.5 Å². The molecule has 0 radical (unpaired) electrons. The molecule has 1 aromatic heterocycles. The van der Waals surface area contributed by atoms with Crippen molar-refractivity contribution < 1.29 is 18.7 Å². The highest BCUT2D eigenvalue weighted by atomic mass is 32.2. The molecule has 28 heavy (non-hydrogen) atoms. The average Bonchev–Trinajstić information content (AvgIpc) is 3.21. The third-order valence-corrected chi connectivity index (χ3v) is 4.77. The van der Waals surface area contributed by atoms with E-state index in [-0.39, 0.29) is 11.7 Å². The Morgan fingerprint density at radius 1 is 1.11 bits per heavy atom. The van der Waals surface area contributed by atoms with E-state index in [1.165, 1.54) is 17.3 Å². The van der Waals surface area contributed by atoms with E-state index in [9.17, 15) is 4.79 Å². The van der Waals surface area contributed by atoms with Gasteiger partial charge in [-0.05, 0) is 36.2 Å². The fourth-order valence-corrected chi connectivity index (χ4v) is 3.07. The van der Waals surface area contributed by atoms with Gasteiger partial charge in [0.25, 0.3) is 5.22 Å². The predicted molar refractivity (Wildman–Crippen MR) is 108 cm³/mol. The van der Waals surface area contributed by atoms with Crippen LogP contribution >= 0.6 is 11.8 Å². The minimum atomic E-state index is -0.138. The van der Waals surface area contributed by atoms with Crippen molar-refractivity contribution in [3.8, 4) is 23.0 Å². The average molecular weight is 399 g/mol. The van der Waals surface area contributed by atoms with Crippen molar-refractivity contribution in [2.24, 2.45) is 0 Å².